The zero-order valence-electron chi connectivity index (χ0n) is 15.8. The summed E-state index contributed by atoms with van der Waals surface area (Å²) in [6, 6.07) is 9.59. The molecule has 0 spiro atoms. The lowest BCUT2D eigenvalue weighted by molar-refractivity contribution is 0.0942. The standard InChI is InChI=1S/C21H25FN4O/c1-3-5-7-15(4-2)14-24-21(27)19-18-8-6-13-23-20(18)26(25-19)17-11-9-16(22)10-12-17/h6,8-13,15H,3-5,7,14H2,1-2H3,(H,24,27). The number of rotatable bonds is 8. The minimum atomic E-state index is -0.321. The van der Waals surface area contributed by atoms with Gasteiger partial charge in [-0.25, -0.2) is 14.1 Å². The van der Waals surface area contributed by atoms with Gasteiger partial charge < -0.3 is 5.32 Å². The molecule has 2 heterocycles. The van der Waals surface area contributed by atoms with Crippen molar-refractivity contribution in [2.24, 2.45) is 5.92 Å². The molecule has 27 heavy (non-hydrogen) atoms. The third-order valence-corrected chi connectivity index (χ3v) is 4.82. The fourth-order valence-electron chi connectivity index (χ4n) is 3.15. The Kier molecular flexibility index (Phi) is 6.16. The number of amides is 1. The molecule has 5 nitrogen and oxygen atoms in total. The van der Waals surface area contributed by atoms with Crippen LogP contribution in [0.3, 0.4) is 0 Å². The van der Waals surface area contributed by atoms with Gasteiger partial charge in [0.1, 0.15) is 5.82 Å². The highest BCUT2D eigenvalue weighted by molar-refractivity contribution is 6.04. The van der Waals surface area contributed by atoms with Crippen molar-refractivity contribution >= 4 is 16.9 Å². The van der Waals surface area contributed by atoms with Crippen LogP contribution in [0.15, 0.2) is 42.6 Å². The lowest BCUT2D eigenvalue weighted by Gasteiger charge is -2.14. The Morgan fingerprint density at radius 2 is 2.00 bits per heavy atom. The first-order valence-electron chi connectivity index (χ1n) is 9.51. The summed E-state index contributed by atoms with van der Waals surface area (Å²) in [5.74, 6) is -0.0555. The molecule has 0 radical (unpaired) electrons. The molecule has 0 bridgehead atoms. The average molecular weight is 368 g/mol. The van der Waals surface area contributed by atoms with Crippen molar-refractivity contribution in [2.75, 3.05) is 6.54 Å². The van der Waals surface area contributed by atoms with E-state index in [1.807, 2.05) is 6.07 Å². The molecule has 1 aromatic carbocycles. The lowest BCUT2D eigenvalue weighted by Crippen LogP contribution is -2.29. The van der Waals surface area contributed by atoms with E-state index in [1.54, 1.807) is 29.1 Å². The van der Waals surface area contributed by atoms with Crippen LogP contribution in [-0.4, -0.2) is 27.2 Å². The SMILES string of the molecule is CCCCC(CC)CNC(=O)c1nn(-c2ccc(F)cc2)c2ncccc12. The second-order valence-corrected chi connectivity index (χ2v) is 6.74. The van der Waals surface area contributed by atoms with Gasteiger partial charge >= 0.3 is 0 Å². The van der Waals surface area contributed by atoms with Crippen molar-refractivity contribution in [3.8, 4) is 5.69 Å². The molecule has 142 valence electrons. The van der Waals surface area contributed by atoms with Crippen molar-refractivity contribution in [2.45, 2.75) is 39.5 Å². The number of carbonyl (C=O) groups is 1. The molecule has 0 aliphatic heterocycles. The van der Waals surface area contributed by atoms with E-state index in [9.17, 15) is 9.18 Å². The number of pyridine rings is 1. The number of nitrogens with one attached hydrogen (secondary N) is 1. The Labute approximate surface area is 158 Å². The molecule has 0 aliphatic rings. The van der Waals surface area contributed by atoms with E-state index < -0.39 is 0 Å². The summed E-state index contributed by atoms with van der Waals surface area (Å²) in [7, 11) is 0. The molecule has 1 amide bonds. The normalized spacial score (nSPS) is 12.3. The molecular formula is C21H25FN4O. The summed E-state index contributed by atoms with van der Waals surface area (Å²) in [6.45, 7) is 4.96. The summed E-state index contributed by atoms with van der Waals surface area (Å²) in [6.07, 6.45) is 6.12. The number of nitrogens with zero attached hydrogens (tertiary/aromatic N) is 3. The van der Waals surface area contributed by atoms with Crippen LogP contribution < -0.4 is 5.32 Å². The summed E-state index contributed by atoms with van der Waals surface area (Å²) in [5, 5.41) is 8.18. The molecule has 2 aromatic heterocycles. The van der Waals surface area contributed by atoms with Gasteiger partial charge in [0, 0.05) is 12.7 Å². The van der Waals surface area contributed by atoms with Crippen LogP contribution >= 0.6 is 0 Å². The third kappa shape index (κ3) is 4.32. The molecule has 0 saturated heterocycles. The van der Waals surface area contributed by atoms with Crippen LogP contribution in [0.2, 0.25) is 0 Å². The highest BCUT2D eigenvalue weighted by Crippen LogP contribution is 2.21. The predicted octanol–water partition coefficient (Wildman–Crippen LogP) is 4.51. The number of carbonyl (C=O) groups excluding carboxylic acids is 1. The molecule has 0 fully saturated rings. The minimum Gasteiger partial charge on any atom is -0.350 e. The quantitative estimate of drug-likeness (QED) is 0.636. The number of hydrogen-bond acceptors (Lipinski definition) is 3. The first-order valence-corrected chi connectivity index (χ1v) is 9.51. The Morgan fingerprint density at radius 1 is 1.22 bits per heavy atom. The zero-order chi connectivity index (χ0) is 19.2. The van der Waals surface area contributed by atoms with E-state index in [0.717, 1.165) is 19.3 Å². The van der Waals surface area contributed by atoms with Crippen LogP contribution in [0.25, 0.3) is 16.7 Å². The van der Waals surface area contributed by atoms with Gasteiger partial charge in [0.25, 0.3) is 5.91 Å². The highest BCUT2D eigenvalue weighted by atomic mass is 19.1. The summed E-state index contributed by atoms with van der Waals surface area (Å²) in [4.78, 5) is 17.1. The van der Waals surface area contributed by atoms with E-state index in [-0.39, 0.29) is 11.7 Å². The van der Waals surface area contributed by atoms with E-state index in [0.29, 0.717) is 34.9 Å². The van der Waals surface area contributed by atoms with Crippen molar-refractivity contribution in [1.82, 2.24) is 20.1 Å². The highest BCUT2D eigenvalue weighted by Gasteiger charge is 2.19. The number of halogens is 1. The van der Waals surface area contributed by atoms with Crippen LogP contribution in [0.1, 0.15) is 50.0 Å². The first kappa shape index (κ1) is 19.0. The van der Waals surface area contributed by atoms with Gasteiger partial charge in [0.15, 0.2) is 11.3 Å². The van der Waals surface area contributed by atoms with Gasteiger partial charge in [-0.15, -0.1) is 0 Å². The lowest BCUT2D eigenvalue weighted by atomic mass is 9.99. The molecule has 1 atom stereocenters. The van der Waals surface area contributed by atoms with E-state index in [4.69, 9.17) is 0 Å². The third-order valence-electron chi connectivity index (χ3n) is 4.82. The molecule has 6 heteroatoms. The van der Waals surface area contributed by atoms with Crippen molar-refractivity contribution in [1.29, 1.82) is 0 Å². The molecule has 1 N–H and O–H groups in total. The van der Waals surface area contributed by atoms with Crippen LogP contribution in [0.4, 0.5) is 4.39 Å². The molecule has 0 saturated carbocycles. The number of hydrogen-bond donors (Lipinski definition) is 1. The maximum absolute atomic E-state index is 13.2. The van der Waals surface area contributed by atoms with Gasteiger partial charge in [-0.05, 0) is 48.7 Å². The van der Waals surface area contributed by atoms with Gasteiger partial charge in [-0.2, -0.15) is 5.10 Å². The Morgan fingerprint density at radius 3 is 2.70 bits per heavy atom. The smallest absolute Gasteiger partial charge is 0.272 e. The molecule has 0 aliphatic carbocycles. The number of benzene rings is 1. The molecule has 1 unspecified atom stereocenters. The topological polar surface area (TPSA) is 59.8 Å². The predicted molar refractivity (Wildman–Crippen MR) is 104 cm³/mol. The average Bonchev–Trinajstić information content (AvgIpc) is 3.08. The first-order chi connectivity index (χ1) is 13.1. The molecule has 3 aromatic rings. The van der Waals surface area contributed by atoms with Crippen molar-refractivity contribution in [3.63, 3.8) is 0 Å². The summed E-state index contributed by atoms with van der Waals surface area (Å²) < 4.78 is 14.8. The zero-order valence-corrected chi connectivity index (χ0v) is 15.8. The second-order valence-electron chi connectivity index (χ2n) is 6.74. The second kappa shape index (κ2) is 8.75. The fraction of sp³-hybridized carbons (Fsp3) is 0.381. The van der Waals surface area contributed by atoms with Crippen molar-refractivity contribution in [3.05, 3.63) is 54.1 Å². The van der Waals surface area contributed by atoms with Crippen molar-refractivity contribution < 1.29 is 9.18 Å². The molecular weight excluding hydrogens is 343 g/mol. The van der Waals surface area contributed by atoms with E-state index in [1.165, 1.54) is 18.6 Å². The Balaban J connectivity index is 1.86. The van der Waals surface area contributed by atoms with Gasteiger partial charge in [-0.3, -0.25) is 4.79 Å². The van der Waals surface area contributed by atoms with Gasteiger partial charge in [0.05, 0.1) is 11.1 Å². The number of aromatic nitrogens is 3. The van der Waals surface area contributed by atoms with Crippen LogP contribution in [-0.2, 0) is 0 Å². The van der Waals surface area contributed by atoms with Gasteiger partial charge in [0.2, 0.25) is 0 Å². The number of unbranched alkanes of at least 4 members (excludes halogenated alkanes) is 1. The fourth-order valence-corrected chi connectivity index (χ4v) is 3.15. The van der Waals surface area contributed by atoms with Crippen LogP contribution in [0.5, 0.6) is 0 Å². The van der Waals surface area contributed by atoms with E-state index >= 15 is 0 Å². The Hall–Kier alpha value is -2.76. The minimum absolute atomic E-state index is 0.205. The maximum atomic E-state index is 13.2. The largest absolute Gasteiger partial charge is 0.350 e. The monoisotopic (exact) mass is 368 g/mol. The maximum Gasteiger partial charge on any atom is 0.272 e. The molecule has 3 rings (SSSR count). The number of fused-ring (bicyclic) bond motifs is 1. The summed E-state index contributed by atoms with van der Waals surface area (Å²) in [5.41, 5.74) is 1.58. The van der Waals surface area contributed by atoms with Gasteiger partial charge in [-0.1, -0.05) is 33.1 Å². The van der Waals surface area contributed by atoms with E-state index in [2.05, 4.69) is 29.2 Å². The Bertz CT molecular complexity index is 904. The van der Waals surface area contributed by atoms with Crippen LogP contribution in [0, 0.1) is 11.7 Å². The summed E-state index contributed by atoms with van der Waals surface area (Å²) >= 11 is 0.